The first kappa shape index (κ1) is 15.8. The van der Waals surface area contributed by atoms with Gasteiger partial charge < -0.3 is 20.5 Å². The van der Waals surface area contributed by atoms with Crippen LogP contribution in [0, 0.1) is 0 Å². The number of hydrogen-bond acceptors (Lipinski definition) is 4. The van der Waals surface area contributed by atoms with Crippen molar-refractivity contribution in [2.75, 3.05) is 13.2 Å². The molecule has 1 saturated heterocycles. The minimum atomic E-state index is -0.411. The van der Waals surface area contributed by atoms with Gasteiger partial charge in [0.15, 0.2) is 0 Å². The molecule has 0 aliphatic carbocycles. The maximum Gasteiger partial charge on any atom is 0.410 e. The summed E-state index contributed by atoms with van der Waals surface area (Å²) >= 11 is 0. The summed E-state index contributed by atoms with van der Waals surface area (Å²) in [4.78, 5) is 13.4. The molecule has 0 aromatic heterocycles. The number of aliphatic hydroxyl groups is 1. The maximum atomic E-state index is 11.9. The fourth-order valence-corrected chi connectivity index (χ4v) is 2.15. The summed E-state index contributed by atoms with van der Waals surface area (Å²) in [6.07, 6.45) is 0.211. The number of carbonyl (C=O) groups is 1. The Hall–Kier alpha value is -1.30. The summed E-state index contributed by atoms with van der Waals surface area (Å²) in [6, 6.07) is 9.19. The van der Waals surface area contributed by atoms with Crippen LogP contribution in [0.15, 0.2) is 30.3 Å². The molecule has 1 aromatic rings. The van der Waals surface area contributed by atoms with Crippen molar-refractivity contribution >= 4 is 18.5 Å². The van der Waals surface area contributed by atoms with Crippen LogP contribution in [0.4, 0.5) is 4.79 Å². The van der Waals surface area contributed by atoms with Gasteiger partial charge in [0.25, 0.3) is 0 Å². The third kappa shape index (κ3) is 4.09. The maximum absolute atomic E-state index is 11.9. The summed E-state index contributed by atoms with van der Waals surface area (Å²) in [5.74, 6) is 0. The third-order valence-electron chi connectivity index (χ3n) is 3.10. The Morgan fingerprint density at radius 3 is 2.74 bits per heavy atom. The van der Waals surface area contributed by atoms with E-state index in [9.17, 15) is 9.90 Å². The van der Waals surface area contributed by atoms with E-state index in [0.717, 1.165) is 5.56 Å². The van der Waals surface area contributed by atoms with Gasteiger partial charge in [-0.3, -0.25) is 0 Å². The average Bonchev–Trinajstić information content (AvgIpc) is 2.78. The highest BCUT2D eigenvalue weighted by atomic mass is 35.5. The monoisotopic (exact) mass is 286 g/mol. The second-order valence-electron chi connectivity index (χ2n) is 4.52. The van der Waals surface area contributed by atoms with Crippen molar-refractivity contribution in [3.8, 4) is 0 Å². The van der Waals surface area contributed by atoms with Gasteiger partial charge in [0.05, 0.1) is 12.6 Å². The Bertz CT molecular complexity index is 402. The Balaban J connectivity index is 0.00000180. The van der Waals surface area contributed by atoms with Crippen LogP contribution >= 0.6 is 12.4 Å². The number of halogens is 1. The summed E-state index contributed by atoms with van der Waals surface area (Å²) < 4.78 is 5.21. The number of likely N-dealkylation sites (tertiary alicyclic amines) is 1. The smallest absolute Gasteiger partial charge is 0.410 e. The number of amides is 1. The van der Waals surface area contributed by atoms with Gasteiger partial charge in [-0.1, -0.05) is 30.3 Å². The highest BCUT2D eigenvalue weighted by molar-refractivity contribution is 5.85. The van der Waals surface area contributed by atoms with E-state index in [1.54, 1.807) is 0 Å². The molecule has 106 valence electrons. The Morgan fingerprint density at radius 2 is 2.11 bits per heavy atom. The molecular weight excluding hydrogens is 268 g/mol. The van der Waals surface area contributed by atoms with Crippen LogP contribution in [0.3, 0.4) is 0 Å². The van der Waals surface area contributed by atoms with Crippen LogP contribution < -0.4 is 5.73 Å². The number of aliphatic hydroxyl groups excluding tert-OH is 1. The molecule has 0 unspecified atom stereocenters. The first-order valence-electron chi connectivity index (χ1n) is 6.04. The fourth-order valence-electron chi connectivity index (χ4n) is 2.15. The van der Waals surface area contributed by atoms with Gasteiger partial charge in [-0.25, -0.2) is 4.79 Å². The lowest BCUT2D eigenvalue weighted by molar-refractivity contribution is 0.0794. The van der Waals surface area contributed by atoms with Crippen LogP contribution in [-0.4, -0.2) is 41.3 Å². The molecule has 1 heterocycles. The molecule has 5 nitrogen and oxygen atoms in total. The zero-order chi connectivity index (χ0) is 13.0. The lowest BCUT2D eigenvalue weighted by Gasteiger charge is -2.22. The average molecular weight is 287 g/mol. The van der Waals surface area contributed by atoms with Gasteiger partial charge in [0.2, 0.25) is 0 Å². The predicted molar refractivity (Wildman–Crippen MR) is 74.0 cm³/mol. The van der Waals surface area contributed by atoms with E-state index in [0.29, 0.717) is 13.0 Å². The molecule has 0 spiro atoms. The molecule has 0 bridgehead atoms. The normalized spacial score (nSPS) is 21.9. The van der Waals surface area contributed by atoms with Crippen LogP contribution in [0.25, 0.3) is 0 Å². The summed E-state index contributed by atoms with van der Waals surface area (Å²) in [7, 11) is 0. The number of benzene rings is 1. The van der Waals surface area contributed by atoms with Crippen molar-refractivity contribution in [3.63, 3.8) is 0 Å². The lowest BCUT2D eigenvalue weighted by atomic mass is 10.2. The standard InChI is InChI=1S/C13H18N2O3.ClH/c14-11-6-12(8-16)15(7-11)13(17)18-9-10-4-2-1-3-5-10;/h1-5,11-12,16H,6-9,14H2;1H/t11-,12+;/m0./s1. The van der Waals surface area contributed by atoms with Gasteiger partial charge >= 0.3 is 6.09 Å². The summed E-state index contributed by atoms with van der Waals surface area (Å²) in [5, 5.41) is 9.18. The topological polar surface area (TPSA) is 75.8 Å². The Labute approximate surface area is 118 Å². The molecule has 2 rings (SSSR count). The van der Waals surface area contributed by atoms with Gasteiger partial charge in [-0.05, 0) is 12.0 Å². The third-order valence-corrected chi connectivity index (χ3v) is 3.10. The SMILES string of the molecule is Cl.N[C@H]1C[C@H](CO)N(C(=O)OCc2ccccc2)C1. The van der Waals surface area contributed by atoms with Crippen LogP contribution in [0.2, 0.25) is 0 Å². The van der Waals surface area contributed by atoms with E-state index in [4.69, 9.17) is 10.5 Å². The van der Waals surface area contributed by atoms with Crippen molar-refractivity contribution in [2.45, 2.75) is 25.1 Å². The molecular formula is C13H19ClN2O3. The molecule has 2 atom stereocenters. The Morgan fingerprint density at radius 1 is 1.42 bits per heavy atom. The lowest BCUT2D eigenvalue weighted by Crippen LogP contribution is -2.38. The number of ether oxygens (including phenoxy) is 1. The van der Waals surface area contributed by atoms with Gasteiger partial charge in [-0.15, -0.1) is 12.4 Å². The van der Waals surface area contributed by atoms with Crippen molar-refractivity contribution in [1.29, 1.82) is 0 Å². The largest absolute Gasteiger partial charge is 0.445 e. The van der Waals surface area contributed by atoms with Gasteiger partial charge in [0.1, 0.15) is 6.61 Å². The number of nitrogens with zero attached hydrogens (tertiary/aromatic N) is 1. The minimum absolute atomic E-state index is 0. The first-order chi connectivity index (χ1) is 8.70. The highest BCUT2D eigenvalue weighted by Crippen LogP contribution is 2.17. The molecule has 1 aliphatic heterocycles. The van der Waals surface area contributed by atoms with E-state index in [2.05, 4.69) is 0 Å². The quantitative estimate of drug-likeness (QED) is 0.874. The van der Waals surface area contributed by atoms with Crippen LogP contribution in [0.1, 0.15) is 12.0 Å². The van der Waals surface area contributed by atoms with Gasteiger partial charge in [0, 0.05) is 12.6 Å². The Kier molecular flexibility index (Phi) is 6.08. The van der Waals surface area contributed by atoms with Crippen molar-refractivity contribution < 1.29 is 14.6 Å². The molecule has 1 fully saturated rings. The van der Waals surface area contributed by atoms with Crippen molar-refractivity contribution in [1.82, 2.24) is 4.90 Å². The second kappa shape index (κ2) is 7.33. The van der Waals surface area contributed by atoms with Crippen LogP contribution in [0.5, 0.6) is 0 Å². The molecule has 1 amide bonds. The molecule has 1 aliphatic rings. The fraction of sp³-hybridized carbons (Fsp3) is 0.462. The first-order valence-corrected chi connectivity index (χ1v) is 6.04. The molecule has 0 saturated carbocycles. The molecule has 3 N–H and O–H groups in total. The second-order valence-corrected chi connectivity index (χ2v) is 4.52. The zero-order valence-corrected chi connectivity index (χ0v) is 11.4. The van der Waals surface area contributed by atoms with Gasteiger partial charge in [-0.2, -0.15) is 0 Å². The minimum Gasteiger partial charge on any atom is -0.445 e. The van der Waals surface area contributed by atoms with Crippen molar-refractivity contribution in [3.05, 3.63) is 35.9 Å². The zero-order valence-electron chi connectivity index (χ0n) is 10.6. The molecule has 19 heavy (non-hydrogen) atoms. The number of rotatable bonds is 3. The van der Waals surface area contributed by atoms with E-state index >= 15 is 0 Å². The van der Waals surface area contributed by atoms with E-state index < -0.39 is 6.09 Å². The molecule has 0 radical (unpaired) electrons. The molecule has 1 aromatic carbocycles. The van der Waals surface area contributed by atoms with E-state index in [1.807, 2.05) is 30.3 Å². The number of hydrogen-bond donors (Lipinski definition) is 2. The van der Waals surface area contributed by atoms with Crippen molar-refractivity contribution in [2.24, 2.45) is 5.73 Å². The summed E-state index contributed by atoms with van der Waals surface area (Å²) in [6.45, 7) is 0.608. The number of carbonyl (C=O) groups excluding carboxylic acids is 1. The predicted octanol–water partition coefficient (Wildman–Crippen LogP) is 1.14. The van der Waals surface area contributed by atoms with Crippen LogP contribution in [-0.2, 0) is 11.3 Å². The summed E-state index contributed by atoms with van der Waals surface area (Å²) in [5.41, 5.74) is 6.72. The van der Waals surface area contributed by atoms with E-state index in [-0.39, 0.29) is 37.7 Å². The molecule has 6 heteroatoms. The highest BCUT2D eigenvalue weighted by Gasteiger charge is 2.33. The number of nitrogens with two attached hydrogens (primary N) is 1. The van der Waals surface area contributed by atoms with E-state index in [1.165, 1.54) is 4.90 Å².